The number of thiazole rings is 1. The van der Waals surface area contributed by atoms with Gasteiger partial charge in [0.1, 0.15) is 11.3 Å². The standard InChI is InChI=1S/C14H21N5O2S2/c1-18(2)23(20,21)14-15-10-16-19(14)8-13-17-12(9-22-13)11-6-4-3-5-7-11/h9-11H,3-8H2,1-2H3. The van der Waals surface area contributed by atoms with Gasteiger partial charge in [0.05, 0.1) is 12.2 Å². The molecule has 126 valence electrons. The molecule has 0 spiro atoms. The van der Waals surface area contributed by atoms with Gasteiger partial charge in [-0.1, -0.05) is 19.3 Å². The first kappa shape index (κ1) is 16.5. The summed E-state index contributed by atoms with van der Waals surface area (Å²) in [6, 6.07) is 0. The molecule has 0 saturated heterocycles. The topological polar surface area (TPSA) is 81.0 Å². The van der Waals surface area contributed by atoms with Crippen LogP contribution in [0.5, 0.6) is 0 Å². The van der Waals surface area contributed by atoms with E-state index >= 15 is 0 Å². The van der Waals surface area contributed by atoms with Crippen LogP contribution in [0.3, 0.4) is 0 Å². The van der Waals surface area contributed by atoms with Crippen LogP contribution in [0.25, 0.3) is 0 Å². The summed E-state index contributed by atoms with van der Waals surface area (Å²) in [7, 11) is -0.628. The van der Waals surface area contributed by atoms with Crippen molar-refractivity contribution in [3.8, 4) is 0 Å². The number of hydrogen-bond acceptors (Lipinski definition) is 6. The molecule has 7 nitrogen and oxygen atoms in total. The predicted octanol–water partition coefficient (Wildman–Crippen LogP) is 2.08. The number of aromatic nitrogens is 4. The van der Waals surface area contributed by atoms with E-state index in [-0.39, 0.29) is 5.16 Å². The molecule has 1 saturated carbocycles. The van der Waals surface area contributed by atoms with Crippen molar-refractivity contribution in [2.24, 2.45) is 0 Å². The van der Waals surface area contributed by atoms with E-state index in [0.29, 0.717) is 12.5 Å². The highest BCUT2D eigenvalue weighted by molar-refractivity contribution is 7.88. The molecule has 9 heteroatoms. The normalized spacial score (nSPS) is 17.0. The van der Waals surface area contributed by atoms with E-state index < -0.39 is 10.0 Å². The second-order valence-corrected chi connectivity index (χ2v) is 8.98. The van der Waals surface area contributed by atoms with Crippen LogP contribution < -0.4 is 0 Å². The van der Waals surface area contributed by atoms with Gasteiger partial charge in [-0.3, -0.25) is 0 Å². The Labute approximate surface area is 140 Å². The van der Waals surface area contributed by atoms with Gasteiger partial charge in [-0.15, -0.1) is 11.3 Å². The van der Waals surface area contributed by atoms with Crippen molar-refractivity contribution in [3.05, 3.63) is 22.4 Å². The Morgan fingerprint density at radius 1 is 1.30 bits per heavy atom. The first-order valence-corrected chi connectivity index (χ1v) is 10.0. The summed E-state index contributed by atoms with van der Waals surface area (Å²) in [5.41, 5.74) is 1.14. The van der Waals surface area contributed by atoms with Crippen molar-refractivity contribution in [1.82, 2.24) is 24.1 Å². The molecule has 0 radical (unpaired) electrons. The molecule has 3 rings (SSSR count). The van der Waals surface area contributed by atoms with E-state index in [9.17, 15) is 8.42 Å². The molecule has 0 aromatic carbocycles. The molecule has 0 bridgehead atoms. The Balaban J connectivity index is 1.79. The van der Waals surface area contributed by atoms with Gasteiger partial charge in [0, 0.05) is 25.4 Å². The molecule has 2 aromatic rings. The van der Waals surface area contributed by atoms with Gasteiger partial charge in [-0.05, 0) is 12.8 Å². The molecule has 0 aliphatic heterocycles. The highest BCUT2D eigenvalue weighted by Gasteiger charge is 2.25. The summed E-state index contributed by atoms with van der Waals surface area (Å²) in [6.07, 6.45) is 7.53. The summed E-state index contributed by atoms with van der Waals surface area (Å²) < 4.78 is 27.0. The maximum atomic E-state index is 12.2. The van der Waals surface area contributed by atoms with E-state index in [1.54, 1.807) is 11.3 Å². The van der Waals surface area contributed by atoms with Gasteiger partial charge in [0.15, 0.2) is 0 Å². The molecular weight excluding hydrogens is 334 g/mol. The molecule has 0 amide bonds. The van der Waals surface area contributed by atoms with Crippen LogP contribution in [0.2, 0.25) is 0 Å². The van der Waals surface area contributed by atoms with Crippen LogP contribution in [0, 0.1) is 0 Å². The van der Waals surface area contributed by atoms with E-state index in [1.165, 1.54) is 57.2 Å². The number of hydrogen-bond donors (Lipinski definition) is 0. The summed E-state index contributed by atoms with van der Waals surface area (Å²) in [5, 5.41) is 6.97. The molecule has 1 aliphatic carbocycles. The first-order chi connectivity index (χ1) is 11.0. The highest BCUT2D eigenvalue weighted by Crippen LogP contribution is 2.33. The zero-order valence-electron chi connectivity index (χ0n) is 13.3. The lowest BCUT2D eigenvalue weighted by atomic mass is 9.87. The van der Waals surface area contributed by atoms with E-state index in [2.05, 4.69) is 15.5 Å². The second kappa shape index (κ2) is 6.66. The van der Waals surface area contributed by atoms with Crippen LogP contribution in [-0.4, -0.2) is 46.6 Å². The zero-order chi connectivity index (χ0) is 16.4. The third-order valence-electron chi connectivity index (χ3n) is 4.17. The third-order valence-corrected chi connectivity index (χ3v) is 6.76. The van der Waals surface area contributed by atoms with Gasteiger partial charge in [0.25, 0.3) is 15.2 Å². The van der Waals surface area contributed by atoms with Gasteiger partial charge in [0.2, 0.25) is 0 Å². The average Bonchev–Trinajstić information content (AvgIpc) is 3.18. The summed E-state index contributed by atoms with van der Waals surface area (Å²) >= 11 is 1.56. The Bertz CT molecular complexity index is 760. The summed E-state index contributed by atoms with van der Waals surface area (Å²) in [4.78, 5) is 8.60. The maximum Gasteiger partial charge on any atom is 0.278 e. The molecule has 0 atom stereocenters. The average molecular weight is 355 g/mol. The molecule has 0 N–H and O–H groups in total. The fraction of sp³-hybridized carbons (Fsp3) is 0.643. The van der Waals surface area contributed by atoms with E-state index in [0.717, 1.165) is 15.0 Å². The minimum Gasteiger partial charge on any atom is -0.244 e. The molecular formula is C14H21N5O2S2. The molecule has 2 aromatic heterocycles. The highest BCUT2D eigenvalue weighted by atomic mass is 32.2. The SMILES string of the molecule is CN(C)S(=O)(=O)c1ncnn1Cc1nc(C2CCCCC2)cs1. The van der Waals surface area contributed by atoms with Gasteiger partial charge in [-0.2, -0.15) is 5.10 Å². The molecule has 2 heterocycles. The Morgan fingerprint density at radius 2 is 2.04 bits per heavy atom. The molecule has 1 aliphatic rings. The van der Waals surface area contributed by atoms with Crippen molar-refractivity contribution in [3.63, 3.8) is 0 Å². The third kappa shape index (κ3) is 3.46. The van der Waals surface area contributed by atoms with E-state index in [4.69, 9.17) is 4.98 Å². The first-order valence-electron chi connectivity index (χ1n) is 7.73. The number of sulfonamides is 1. The lowest BCUT2D eigenvalue weighted by Crippen LogP contribution is -2.26. The fourth-order valence-corrected chi connectivity index (χ4v) is 4.58. The quantitative estimate of drug-likeness (QED) is 0.820. The monoisotopic (exact) mass is 355 g/mol. The van der Waals surface area contributed by atoms with Crippen molar-refractivity contribution >= 4 is 21.4 Å². The van der Waals surface area contributed by atoms with Crippen molar-refractivity contribution in [2.45, 2.75) is 49.7 Å². The van der Waals surface area contributed by atoms with Crippen molar-refractivity contribution < 1.29 is 8.42 Å². The maximum absolute atomic E-state index is 12.2. The van der Waals surface area contributed by atoms with Crippen molar-refractivity contribution in [1.29, 1.82) is 0 Å². The summed E-state index contributed by atoms with van der Waals surface area (Å²) in [6.45, 7) is 0.333. The minimum atomic E-state index is -3.60. The minimum absolute atomic E-state index is 0.0445. The lowest BCUT2D eigenvalue weighted by Gasteiger charge is -2.19. The van der Waals surface area contributed by atoms with Gasteiger partial charge >= 0.3 is 0 Å². The van der Waals surface area contributed by atoms with Crippen LogP contribution in [0.1, 0.15) is 48.7 Å². The number of rotatable bonds is 5. The Kier molecular flexibility index (Phi) is 4.79. The van der Waals surface area contributed by atoms with E-state index in [1.807, 2.05) is 0 Å². The second-order valence-electron chi connectivity index (χ2n) is 5.99. The fourth-order valence-electron chi connectivity index (χ4n) is 2.84. The lowest BCUT2D eigenvalue weighted by molar-refractivity contribution is 0.437. The van der Waals surface area contributed by atoms with Gasteiger partial charge in [-0.25, -0.2) is 27.4 Å². The summed E-state index contributed by atoms with van der Waals surface area (Å²) in [5.74, 6) is 0.550. The largest absolute Gasteiger partial charge is 0.278 e. The van der Waals surface area contributed by atoms with Crippen molar-refractivity contribution in [2.75, 3.05) is 14.1 Å². The van der Waals surface area contributed by atoms with Crippen LogP contribution >= 0.6 is 11.3 Å². The molecule has 1 fully saturated rings. The van der Waals surface area contributed by atoms with Crippen LogP contribution in [-0.2, 0) is 16.6 Å². The zero-order valence-corrected chi connectivity index (χ0v) is 15.0. The smallest absolute Gasteiger partial charge is 0.244 e. The Morgan fingerprint density at radius 3 is 2.74 bits per heavy atom. The molecule has 23 heavy (non-hydrogen) atoms. The van der Waals surface area contributed by atoms with Crippen LogP contribution in [0.4, 0.5) is 0 Å². The number of nitrogens with zero attached hydrogens (tertiary/aromatic N) is 5. The van der Waals surface area contributed by atoms with Gasteiger partial charge < -0.3 is 0 Å². The molecule has 0 unspecified atom stereocenters. The Hall–Kier alpha value is -1.32. The van der Waals surface area contributed by atoms with Crippen LogP contribution in [0.15, 0.2) is 16.9 Å². The predicted molar refractivity (Wildman–Crippen MR) is 87.9 cm³/mol.